The van der Waals surface area contributed by atoms with Gasteiger partial charge in [0.2, 0.25) is 0 Å². The summed E-state index contributed by atoms with van der Waals surface area (Å²) in [6.45, 7) is 1.64. The van der Waals surface area contributed by atoms with Crippen LogP contribution in [-0.2, 0) is 7.05 Å². The van der Waals surface area contributed by atoms with Crippen molar-refractivity contribution in [2.45, 2.75) is 31.6 Å². The van der Waals surface area contributed by atoms with Crippen LogP contribution < -0.4 is 16.2 Å². The summed E-state index contributed by atoms with van der Waals surface area (Å²) < 4.78 is 45.5. The summed E-state index contributed by atoms with van der Waals surface area (Å²) in [5.41, 5.74) is 0.0975. The second-order valence-electron chi connectivity index (χ2n) is 8.35. The Morgan fingerprint density at radius 1 is 1.22 bits per heavy atom. The minimum atomic E-state index is -4.62. The molecule has 36 heavy (non-hydrogen) atoms. The lowest BCUT2D eigenvalue weighted by atomic mass is 10.0. The van der Waals surface area contributed by atoms with Crippen molar-refractivity contribution in [2.75, 3.05) is 10.6 Å². The smallest absolute Gasteiger partial charge is 0.361 e. The molecule has 3 aromatic heterocycles. The van der Waals surface area contributed by atoms with Crippen molar-refractivity contribution in [1.82, 2.24) is 19.1 Å². The molecular weight excluding hydrogens is 517 g/mol. The van der Waals surface area contributed by atoms with Gasteiger partial charge in [-0.05, 0) is 30.5 Å². The van der Waals surface area contributed by atoms with Crippen LogP contribution in [0.25, 0.3) is 5.69 Å². The van der Waals surface area contributed by atoms with Crippen molar-refractivity contribution in [3.8, 4) is 5.69 Å². The van der Waals surface area contributed by atoms with Gasteiger partial charge < -0.3 is 10.6 Å². The van der Waals surface area contributed by atoms with Gasteiger partial charge >= 0.3 is 6.18 Å². The van der Waals surface area contributed by atoms with E-state index in [1.807, 2.05) is 0 Å². The van der Waals surface area contributed by atoms with E-state index in [1.165, 1.54) is 16.0 Å². The van der Waals surface area contributed by atoms with E-state index in [-0.39, 0.29) is 22.9 Å². The number of alkyl halides is 3. The first-order chi connectivity index (χ1) is 17.1. The van der Waals surface area contributed by atoms with Gasteiger partial charge in [-0.3, -0.25) is 14.3 Å². The molecule has 0 aliphatic carbocycles. The zero-order valence-electron chi connectivity index (χ0n) is 19.0. The Kier molecular flexibility index (Phi) is 5.95. The van der Waals surface area contributed by atoms with Crippen LogP contribution in [0.4, 0.5) is 24.7 Å². The van der Waals surface area contributed by atoms with Crippen LogP contribution in [0.2, 0.25) is 5.02 Å². The summed E-state index contributed by atoms with van der Waals surface area (Å²) >= 11 is 7.72. The number of aromatic nitrogens is 4. The quantitative estimate of drug-likeness (QED) is 0.370. The number of nitrogens with one attached hydrogen (secondary N) is 2. The maximum absolute atomic E-state index is 14.0. The Morgan fingerprint density at radius 3 is 2.58 bits per heavy atom. The molecule has 0 spiro atoms. The Labute approximate surface area is 211 Å². The number of fused-ring (bicyclic) bond motifs is 1. The first-order valence-corrected chi connectivity index (χ1v) is 12.1. The van der Waals surface area contributed by atoms with E-state index in [0.717, 1.165) is 0 Å². The van der Waals surface area contributed by atoms with Gasteiger partial charge in [0, 0.05) is 18.3 Å². The van der Waals surface area contributed by atoms with Crippen LogP contribution in [0.3, 0.4) is 0 Å². The molecule has 2 unspecified atom stereocenters. The van der Waals surface area contributed by atoms with Crippen molar-refractivity contribution in [1.29, 1.82) is 0 Å². The number of thiophene rings is 1. The summed E-state index contributed by atoms with van der Waals surface area (Å²) in [6, 6.07) is 9.68. The third-order valence-electron chi connectivity index (χ3n) is 6.19. The number of carbonyl (C=O) groups is 1. The minimum Gasteiger partial charge on any atom is -0.361 e. The monoisotopic (exact) mass is 536 g/mol. The fourth-order valence-electron chi connectivity index (χ4n) is 4.30. The molecule has 1 aliphatic heterocycles. The molecule has 2 atom stereocenters. The van der Waals surface area contributed by atoms with Gasteiger partial charge in [0.15, 0.2) is 11.7 Å². The first kappa shape index (κ1) is 24.2. The highest BCUT2D eigenvalue weighted by Gasteiger charge is 2.48. The number of amides is 1. The lowest BCUT2D eigenvalue weighted by molar-refractivity contribution is -0.173. The average Bonchev–Trinajstić information content (AvgIpc) is 3.54. The van der Waals surface area contributed by atoms with Crippen LogP contribution in [0.15, 0.2) is 52.6 Å². The number of benzene rings is 1. The Bertz CT molecular complexity index is 1490. The van der Waals surface area contributed by atoms with Crippen molar-refractivity contribution < 1.29 is 18.0 Å². The predicted molar refractivity (Wildman–Crippen MR) is 131 cm³/mol. The van der Waals surface area contributed by atoms with Crippen molar-refractivity contribution in [3.63, 3.8) is 0 Å². The zero-order chi connectivity index (χ0) is 25.8. The van der Waals surface area contributed by atoms with Crippen LogP contribution in [0, 0.1) is 6.92 Å². The van der Waals surface area contributed by atoms with Crippen LogP contribution in [0.5, 0.6) is 0 Å². The summed E-state index contributed by atoms with van der Waals surface area (Å²) in [5.74, 6) is -0.983. The van der Waals surface area contributed by atoms with E-state index in [2.05, 4.69) is 15.7 Å². The van der Waals surface area contributed by atoms with E-state index < -0.39 is 35.4 Å². The van der Waals surface area contributed by atoms with Gasteiger partial charge in [0.25, 0.3) is 11.5 Å². The maximum Gasteiger partial charge on any atom is 0.410 e. The van der Waals surface area contributed by atoms with E-state index in [0.29, 0.717) is 20.9 Å². The lowest BCUT2D eigenvalue weighted by Gasteiger charge is -2.32. The molecule has 4 aromatic rings. The molecule has 13 heteroatoms. The summed E-state index contributed by atoms with van der Waals surface area (Å²) in [5, 5.41) is 11.0. The Hall–Kier alpha value is -3.51. The van der Waals surface area contributed by atoms with E-state index >= 15 is 0 Å². The maximum atomic E-state index is 14.0. The van der Waals surface area contributed by atoms with Gasteiger partial charge in [-0.15, -0.1) is 11.3 Å². The van der Waals surface area contributed by atoms with Crippen LogP contribution in [0.1, 0.15) is 39.6 Å². The number of hydrogen-bond donors (Lipinski definition) is 2. The fraction of sp³-hybridized carbons (Fsp3) is 0.261. The zero-order valence-corrected chi connectivity index (χ0v) is 20.6. The van der Waals surface area contributed by atoms with E-state index in [1.54, 1.807) is 66.5 Å². The van der Waals surface area contributed by atoms with Crippen molar-refractivity contribution in [2.24, 2.45) is 7.05 Å². The van der Waals surface area contributed by atoms with E-state index in [4.69, 9.17) is 11.6 Å². The van der Waals surface area contributed by atoms with Gasteiger partial charge in [-0.2, -0.15) is 18.3 Å². The minimum absolute atomic E-state index is 0.0230. The molecule has 4 heterocycles. The van der Waals surface area contributed by atoms with E-state index in [9.17, 15) is 22.8 Å². The molecule has 0 saturated carbocycles. The number of nitrogens with zero attached hydrogens (tertiary/aromatic N) is 4. The largest absolute Gasteiger partial charge is 0.410 e. The fourth-order valence-corrected chi connectivity index (χ4v) is 5.35. The number of anilines is 2. The van der Waals surface area contributed by atoms with Crippen molar-refractivity contribution in [3.05, 3.63) is 79.5 Å². The third-order valence-corrected chi connectivity index (χ3v) is 7.53. The average molecular weight is 537 g/mol. The predicted octanol–water partition coefficient (Wildman–Crippen LogP) is 5.31. The topological polar surface area (TPSA) is 85.9 Å². The molecule has 0 saturated heterocycles. The van der Waals surface area contributed by atoms with Gasteiger partial charge in [0.05, 0.1) is 17.4 Å². The van der Waals surface area contributed by atoms with Gasteiger partial charge in [0.1, 0.15) is 16.5 Å². The van der Waals surface area contributed by atoms with Gasteiger partial charge in [-0.25, -0.2) is 9.36 Å². The first-order valence-electron chi connectivity index (χ1n) is 10.9. The highest BCUT2D eigenvalue weighted by atomic mass is 35.5. The molecular formula is C23H20ClF3N6O2S. The molecule has 5 rings (SSSR count). The van der Waals surface area contributed by atoms with Crippen molar-refractivity contribution >= 4 is 40.4 Å². The molecule has 1 amide bonds. The molecule has 8 nitrogen and oxygen atoms in total. The lowest BCUT2D eigenvalue weighted by Crippen LogP contribution is -2.35. The number of para-hydroxylation sites is 1. The SMILES string of the molecule is Cc1c(NC(=O)c2nn3c(c2Cl)NC(c2cccs2)CC3C(F)(F)F)c(=O)n(-c2ccccc2)n1C. The van der Waals surface area contributed by atoms with Crippen LogP contribution in [-0.4, -0.2) is 31.2 Å². The molecule has 0 radical (unpaired) electrons. The number of rotatable bonds is 4. The second kappa shape index (κ2) is 8.86. The number of carbonyl (C=O) groups excluding carboxylic acids is 1. The standard InChI is InChI=1S/C23H20ClF3N6O2S/c1-12-18(22(35)33(31(12)2)13-7-4-3-5-8-13)29-21(34)19-17(24)20-28-14(15-9-6-10-36-15)11-16(23(25,26)27)32(20)30-19/h3-10,14,16,28H,11H2,1-2H3,(H,29,34). The highest BCUT2D eigenvalue weighted by Crippen LogP contribution is 2.46. The molecule has 1 aromatic carbocycles. The molecule has 2 N–H and O–H groups in total. The number of halogens is 4. The summed E-state index contributed by atoms with van der Waals surface area (Å²) in [7, 11) is 1.66. The molecule has 188 valence electrons. The second-order valence-corrected chi connectivity index (χ2v) is 9.71. The molecule has 0 fully saturated rings. The highest BCUT2D eigenvalue weighted by molar-refractivity contribution is 7.10. The Balaban J connectivity index is 1.52. The summed E-state index contributed by atoms with van der Waals surface area (Å²) in [4.78, 5) is 27.0. The molecule has 1 aliphatic rings. The number of hydrogen-bond acceptors (Lipinski definition) is 5. The normalized spacial score (nSPS) is 17.5. The Morgan fingerprint density at radius 2 is 1.94 bits per heavy atom. The van der Waals surface area contributed by atoms with Crippen LogP contribution >= 0.6 is 22.9 Å². The summed E-state index contributed by atoms with van der Waals surface area (Å²) in [6.07, 6.45) is -4.93. The third kappa shape index (κ3) is 3.99. The molecule has 0 bridgehead atoms. The van der Waals surface area contributed by atoms with Gasteiger partial charge in [-0.1, -0.05) is 35.9 Å².